The number of hydrogen-bond acceptors (Lipinski definition) is 7. The van der Waals surface area contributed by atoms with E-state index in [-0.39, 0.29) is 6.68 Å². The fourth-order valence-corrected chi connectivity index (χ4v) is 4.48. The quantitative estimate of drug-likeness (QED) is 0.295. The van der Waals surface area contributed by atoms with Crippen molar-refractivity contribution >= 4 is 10.6 Å². The molecule has 7 nitrogen and oxygen atoms in total. The highest BCUT2D eigenvalue weighted by Crippen LogP contribution is 2.51. The molecule has 8 heteroatoms. The van der Waals surface area contributed by atoms with E-state index in [9.17, 15) is 9.11 Å². The Bertz CT molecular complexity index is 1240. The highest BCUT2D eigenvalue weighted by molar-refractivity contribution is 8.24. The number of hydrogen-bond donors (Lipinski definition) is 3. The van der Waals surface area contributed by atoms with Crippen LogP contribution in [0.3, 0.4) is 0 Å². The van der Waals surface area contributed by atoms with Crippen molar-refractivity contribution in [3.63, 3.8) is 0 Å². The number of rotatable bonds is 7. The molecule has 3 aromatic heterocycles. The minimum absolute atomic E-state index is 0. The van der Waals surface area contributed by atoms with Crippen LogP contribution in [0.15, 0.2) is 70.3 Å². The third-order valence-electron chi connectivity index (χ3n) is 5.53. The van der Waals surface area contributed by atoms with Crippen molar-refractivity contribution in [2.75, 3.05) is 7.05 Å². The van der Waals surface area contributed by atoms with Crippen molar-refractivity contribution in [2.24, 2.45) is 0 Å². The van der Waals surface area contributed by atoms with E-state index in [2.05, 4.69) is 32.6 Å². The lowest BCUT2D eigenvalue weighted by atomic mass is 10.0. The number of nitrogens with one attached hydrogen (secondary N) is 1. The van der Waals surface area contributed by atoms with Gasteiger partial charge in [0.05, 0.1) is 16.8 Å². The van der Waals surface area contributed by atoms with Crippen LogP contribution < -0.4 is 5.32 Å². The largest absolute Gasteiger partial charge is 0.356 e. The summed E-state index contributed by atoms with van der Waals surface area (Å²) in [5, 5.41) is 7.11. The second kappa shape index (κ2) is 9.44. The maximum Gasteiger partial charge on any atom is 0.169 e. The first-order valence-corrected chi connectivity index (χ1v) is 12.3. The predicted molar refractivity (Wildman–Crippen MR) is 134 cm³/mol. The Kier molecular flexibility index (Phi) is 6.62. The van der Waals surface area contributed by atoms with Gasteiger partial charge in [-0.1, -0.05) is 29.4 Å². The van der Waals surface area contributed by atoms with Crippen LogP contribution in [0.2, 0.25) is 0 Å². The first-order valence-electron chi connectivity index (χ1n) is 10.7. The Morgan fingerprint density at radius 2 is 1.73 bits per heavy atom. The third kappa shape index (κ3) is 4.84. The molecule has 3 heterocycles. The van der Waals surface area contributed by atoms with Gasteiger partial charge in [0.1, 0.15) is 5.69 Å². The van der Waals surface area contributed by atoms with E-state index in [0.717, 1.165) is 34.6 Å². The maximum atomic E-state index is 10.4. The molecule has 0 aliphatic carbocycles. The lowest BCUT2D eigenvalue weighted by molar-refractivity contribution is 0.434. The zero-order valence-electron chi connectivity index (χ0n) is 19.1. The summed E-state index contributed by atoms with van der Waals surface area (Å²) in [4.78, 5) is 9.40. The molecule has 3 N–H and O–H groups in total. The van der Waals surface area contributed by atoms with Crippen LogP contribution in [0.25, 0.3) is 33.8 Å². The Hall–Kier alpha value is -3.04. The molecule has 0 amide bonds. The molecule has 0 aliphatic heterocycles. The summed E-state index contributed by atoms with van der Waals surface area (Å²) in [6.45, 7) is 6.29. The van der Waals surface area contributed by atoms with Crippen LogP contribution in [-0.2, 0) is 6.54 Å². The highest BCUT2D eigenvalue weighted by Gasteiger charge is 2.21. The second-order valence-corrected chi connectivity index (χ2v) is 10.8. The van der Waals surface area contributed by atoms with Gasteiger partial charge in [-0.25, -0.2) is 0 Å². The number of benzene rings is 1. The average molecular weight is 467 g/mol. The van der Waals surface area contributed by atoms with Crippen LogP contribution in [0.1, 0.15) is 26.5 Å². The topological polar surface area (TPSA) is 104 Å². The second-order valence-electron chi connectivity index (χ2n) is 8.18. The number of aryl methyl sites for hydroxylation is 1. The van der Waals surface area contributed by atoms with Gasteiger partial charge in [-0.05, 0) is 51.6 Å². The van der Waals surface area contributed by atoms with Gasteiger partial charge in [-0.3, -0.25) is 19.1 Å². The van der Waals surface area contributed by atoms with Crippen LogP contribution in [0.5, 0.6) is 0 Å². The first kappa shape index (κ1) is 23.1. The molecule has 1 aromatic carbocycles. The molecule has 0 spiro atoms. The normalized spacial score (nSPS) is 12.3. The molecule has 0 saturated carbocycles. The van der Waals surface area contributed by atoms with E-state index in [1.165, 1.54) is 11.8 Å². The molecule has 0 fully saturated rings. The first-order chi connectivity index (χ1) is 15.8. The van der Waals surface area contributed by atoms with Gasteiger partial charge in [-0.15, -0.1) is 0 Å². The van der Waals surface area contributed by atoms with Crippen molar-refractivity contribution in [2.45, 2.75) is 37.5 Å². The molecule has 4 rings (SSSR count). The zero-order valence-corrected chi connectivity index (χ0v) is 19.9. The maximum absolute atomic E-state index is 10.4. The van der Waals surface area contributed by atoms with Crippen LogP contribution >= 0.6 is 10.6 Å². The SMILES string of the molecule is CNCc1ccc(-c2cc(-c3cc(-c4ccc(S(O)(O)C(C)C)cn4)cnc3C)on2)cc1.[HH]. The van der Waals surface area contributed by atoms with Crippen LogP contribution in [0, 0.1) is 6.92 Å². The van der Waals surface area contributed by atoms with Crippen molar-refractivity contribution in [3.8, 4) is 33.8 Å². The molecule has 174 valence electrons. The summed E-state index contributed by atoms with van der Waals surface area (Å²) in [5.41, 5.74) is 6.07. The van der Waals surface area contributed by atoms with Gasteiger partial charge in [0.25, 0.3) is 0 Å². The molecule has 0 bridgehead atoms. The molecule has 0 unspecified atom stereocenters. The van der Waals surface area contributed by atoms with Crippen molar-refractivity contribution < 1.29 is 15.1 Å². The lowest BCUT2D eigenvalue weighted by Crippen LogP contribution is -2.10. The minimum Gasteiger partial charge on any atom is -0.356 e. The average Bonchev–Trinajstić information content (AvgIpc) is 3.30. The summed E-state index contributed by atoms with van der Waals surface area (Å²) in [6.07, 6.45) is 3.27. The lowest BCUT2D eigenvalue weighted by Gasteiger charge is -2.36. The number of pyridine rings is 2. The summed E-state index contributed by atoms with van der Waals surface area (Å²) < 4.78 is 26.4. The van der Waals surface area contributed by atoms with Crippen LogP contribution in [0.4, 0.5) is 0 Å². The molecule has 0 saturated heterocycles. The summed E-state index contributed by atoms with van der Waals surface area (Å²) >= 11 is 0. The van der Waals surface area contributed by atoms with Crippen LogP contribution in [-0.4, -0.2) is 36.5 Å². The summed E-state index contributed by atoms with van der Waals surface area (Å²) in [6, 6.07) is 15.6. The van der Waals surface area contributed by atoms with Crippen molar-refractivity contribution in [1.29, 1.82) is 0 Å². The smallest absolute Gasteiger partial charge is 0.169 e. The fraction of sp³-hybridized carbons (Fsp3) is 0.240. The van der Waals surface area contributed by atoms with E-state index in [4.69, 9.17) is 4.52 Å². The molecule has 33 heavy (non-hydrogen) atoms. The zero-order chi connectivity index (χ0) is 23.6. The predicted octanol–water partition coefficient (Wildman–Crippen LogP) is 6.26. The van der Waals surface area contributed by atoms with Gasteiger partial charge in [-0.2, -0.15) is 10.6 Å². The van der Waals surface area contributed by atoms with Gasteiger partial charge in [0, 0.05) is 47.9 Å². The molecule has 0 radical (unpaired) electrons. The Morgan fingerprint density at radius 1 is 0.970 bits per heavy atom. The molecule has 0 atom stereocenters. The van der Waals surface area contributed by atoms with Crippen molar-refractivity contribution in [3.05, 3.63) is 72.2 Å². The number of aromatic nitrogens is 3. The molecule has 4 aromatic rings. The van der Waals surface area contributed by atoms with Gasteiger partial charge >= 0.3 is 0 Å². The van der Waals surface area contributed by atoms with E-state index in [1.54, 1.807) is 32.2 Å². The monoisotopic (exact) mass is 466 g/mol. The summed E-state index contributed by atoms with van der Waals surface area (Å²) in [5.74, 6) is 0.627. The van der Waals surface area contributed by atoms with Gasteiger partial charge in [0.2, 0.25) is 0 Å². The third-order valence-corrected chi connectivity index (χ3v) is 7.78. The summed E-state index contributed by atoms with van der Waals surface area (Å²) in [7, 11) is -0.946. The van der Waals surface area contributed by atoms with E-state index in [0.29, 0.717) is 16.3 Å². The Balaban J connectivity index is 0.00000324. The van der Waals surface area contributed by atoms with Crippen molar-refractivity contribution in [1.82, 2.24) is 20.4 Å². The van der Waals surface area contributed by atoms with E-state index >= 15 is 0 Å². The van der Waals surface area contributed by atoms with Gasteiger partial charge in [0.15, 0.2) is 5.76 Å². The fourth-order valence-electron chi connectivity index (χ4n) is 3.46. The standard InChI is InChI=1S/C25H28N4O3S.H2/c1-16(2)33(30,31)21-9-10-23(28-15-21)20-11-22(17(3)27-14-20)25-12-24(29-32-25)19-7-5-18(6-8-19)13-26-4;/h5-12,14-16,26,30-31H,13H2,1-4H3;1H. The van der Waals surface area contributed by atoms with Gasteiger partial charge < -0.3 is 9.84 Å². The van der Waals surface area contributed by atoms with E-state index in [1.807, 2.05) is 38.2 Å². The molecular weight excluding hydrogens is 436 g/mol. The number of nitrogens with zero attached hydrogens (tertiary/aromatic N) is 3. The minimum atomic E-state index is -2.87. The molecular formula is C25H30N4O3S. The molecule has 0 aliphatic rings. The Morgan fingerprint density at radius 3 is 2.36 bits per heavy atom. The van der Waals surface area contributed by atoms with E-state index < -0.39 is 10.6 Å². The highest BCUT2D eigenvalue weighted by atomic mass is 32.3. The Labute approximate surface area is 196 Å².